The van der Waals surface area contributed by atoms with Crippen molar-refractivity contribution >= 4 is 81.8 Å². The van der Waals surface area contributed by atoms with Gasteiger partial charge in [0.15, 0.2) is 0 Å². The van der Waals surface area contributed by atoms with Gasteiger partial charge >= 0.3 is 41.5 Å². The quantitative estimate of drug-likeness (QED) is 0.0979. The molecular formula is C39H44BBr2F2N2NaO5. The van der Waals surface area contributed by atoms with Crippen LogP contribution in [0.25, 0.3) is 12.2 Å². The molecule has 0 saturated carbocycles. The van der Waals surface area contributed by atoms with Gasteiger partial charge in [0.1, 0.15) is 11.6 Å². The van der Waals surface area contributed by atoms with Crippen molar-refractivity contribution in [3.63, 3.8) is 0 Å². The molecule has 0 radical (unpaired) electrons. The fraction of sp³-hybridized carbons (Fsp3) is 0.205. The van der Waals surface area contributed by atoms with Gasteiger partial charge in [-0.25, -0.2) is 23.7 Å². The van der Waals surface area contributed by atoms with Crippen molar-refractivity contribution in [2.45, 2.75) is 26.8 Å². The Labute approximate surface area is 352 Å². The summed E-state index contributed by atoms with van der Waals surface area (Å²) in [5.74, 6) is -1.67. The number of carbonyl (C=O) groups excluding carboxylic acids is 2. The molecule has 1 atom stereocenters. The second-order valence-electron chi connectivity index (χ2n) is 10.1. The monoisotopic (exact) mass is 855 g/mol. The molecule has 0 spiro atoms. The van der Waals surface area contributed by atoms with E-state index in [0.29, 0.717) is 25.9 Å². The molecule has 0 aromatic heterocycles. The van der Waals surface area contributed by atoms with Crippen molar-refractivity contribution < 1.29 is 63.5 Å². The van der Waals surface area contributed by atoms with Gasteiger partial charge in [-0.05, 0) is 90.7 Å². The third-order valence-corrected chi connectivity index (χ3v) is 7.47. The number of nitrogens with one attached hydrogen (secondary N) is 1. The molecule has 0 bridgehead atoms. The fourth-order valence-corrected chi connectivity index (χ4v) is 4.61. The number of benzene rings is 4. The van der Waals surface area contributed by atoms with Crippen LogP contribution in [0.1, 0.15) is 43.9 Å². The van der Waals surface area contributed by atoms with Crippen LogP contribution >= 0.6 is 31.9 Å². The van der Waals surface area contributed by atoms with Gasteiger partial charge in [0.2, 0.25) is 0 Å². The Hall–Kier alpha value is -3.39. The number of nitrogens with zero attached hydrogens (tertiary/aromatic N) is 1. The van der Waals surface area contributed by atoms with Gasteiger partial charge in [-0.1, -0.05) is 77.9 Å². The van der Waals surface area contributed by atoms with Crippen LogP contribution in [0.2, 0.25) is 0 Å². The average molecular weight is 857 g/mol. The Balaban J connectivity index is 0.000000860. The van der Waals surface area contributed by atoms with E-state index in [1.54, 1.807) is 66.7 Å². The number of hydrogen-bond acceptors (Lipinski definition) is 7. The van der Waals surface area contributed by atoms with Crippen LogP contribution in [0.3, 0.4) is 0 Å². The fourth-order valence-electron chi connectivity index (χ4n) is 3.95. The molecule has 1 N–H and O–H groups in total. The number of esters is 2. The summed E-state index contributed by atoms with van der Waals surface area (Å²) >= 11 is 6.40. The van der Waals surface area contributed by atoms with Crippen LogP contribution in [-0.4, -0.2) is 59.2 Å². The molecule has 0 amide bonds. The number of ether oxygens (including phenoxy) is 3. The summed E-state index contributed by atoms with van der Waals surface area (Å²) < 4.78 is 75.0. The van der Waals surface area contributed by atoms with Crippen molar-refractivity contribution in [1.82, 2.24) is 0 Å². The molecule has 1 fully saturated rings. The summed E-state index contributed by atoms with van der Waals surface area (Å²) in [6.45, 7) is 1.06. The summed E-state index contributed by atoms with van der Waals surface area (Å²) in [5.41, 5.74) is 3.54. The van der Waals surface area contributed by atoms with Crippen molar-refractivity contribution in [1.29, 1.82) is 5.34 Å². The van der Waals surface area contributed by atoms with Crippen molar-refractivity contribution in [2.24, 2.45) is 4.99 Å². The van der Waals surface area contributed by atoms with Gasteiger partial charge in [-0.3, -0.25) is 4.99 Å². The van der Waals surface area contributed by atoms with E-state index in [9.17, 15) is 18.4 Å². The topological polar surface area (TPSA) is 86.2 Å². The third-order valence-electron chi connectivity index (χ3n) is 6.48. The first-order valence-electron chi connectivity index (χ1n) is 17.9. The molecule has 4 aromatic carbocycles. The Morgan fingerprint density at radius 3 is 1.98 bits per heavy atom. The first kappa shape index (κ1) is 39.8. The van der Waals surface area contributed by atoms with E-state index in [4.69, 9.17) is 11.5 Å². The van der Waals surface area contributed by atoms with Crippen LogP contribution in [0.4, 0.5) is 20.2 Å². The van der Waals surface area contributed by atoms with E-state index in [0.717, 1.165) is 24.3 Å². The second kappa shape index (κ2) is 27.3. The Morgan fingerprint density at radius 1 is 0.885 bits per heavy atom. The molecule has 4 aromatic rings. The summed E-state index contributed by atoms with van der Waals surface area (Å²) in [6, 6.07) is 23.7. The molecule has 1 unspecified atom stereocenters. The summed E-state index contributed by atoms with van der Waals surface area (Å²) in [4.78, 5) is 26.4. The van der Waals surface area contributed by atoms with E-state index in [1.165, 1.54) is 57.6 Å². The number of carbonyl (C=O) groups is 2. The van der Waals surface area contributed by atoms with E-state index in [-0.39, 0.29) is 48.4 Å². The van der Waals surface area contributed by atoms with E-state index < -0.39 is 32.5 Å². The average Bonchev–Trinajstić information content (AvgIpc) is 3.73. The molecule has 52 heavy (non-hydrogen) atoms. The molecule has 1 aliphatic rings. The Kier molecular flexibility index (Phi) is 20.9. The maximum Gasteiger partial charge on any atom is 1.00 e. The summed E-state index contributed by atoms with van der Waals surface area (Å²) in [5, 5.41) is 2.92. The van der Waals surface area contributed by atoms with Crippen molar-refractivity contribution in [2.75, 3.05) is 32.8 Å². The largest absolute Gasteiger partial charge is 1.00 e. The van der Waals surface area contributed by atoms with Crippen LogP contribution in [-0.2, 0) is 30.3 Å². The number of halogens is 4. The molecule has 0 aliphatic carbocycles. The number of methoxy groups -OCH3 is 2. The minimum Gasteiger partial charge on any atom is -0.466 e. The van der Waals surface area contributed by atoms with Gasteiger partial charge in [0.25, 0.3) is 0 Å². The van der Waals surface area contributed by atoms with E-state index in [2.05, 4.69) is 51.6 Å². The van der Waals surface area contributed by atoms with Crippen LogP contribution < -0.4 is 34.9 Å². The van der Waals surface area contributed by atoms with Gasteiger partial charge in [0, 0.05) is 63.9 Å². The standard InChI is InChI=1S/C17H15BrFNO2.C17H13BrFNO2.C4H8O.CH4.BH4.Na/c2*1-22-17(21)8-5-12-3-2-4-15(9-12)20-11-13-6-7-14(18)10-16(13)19;1-2-4-5-3-1;;;/h2-10,20H,11H2,1H3;2-11H,1H3;1-4H2;2*1H4;/q;;;;-1;+1/b8-5+;8-5+,20-11?;;;;/i11D;;;;1D4;. The second-order valence-corrected chi connectivity index (χ2v) is 12.0. The van der Waals surface area contributed by atoms with Crippen molar-refractivity contribution in [3.05, 3.63) is 140 Å². The zero-order valence-corrected chi connectivity index (χ0v) is 33.6. The Bertz CT molecular complexity index is 1930. The minimum atomic E-state index is -3.00. The summed E-state index contributed by atoms with van der Waals surface area (Å²) in [7, 11) is -0.373. The molecule has 1 aliphatic heterocycles. The molecule has 5 rings (SSSR count). The Morgan fingerprint density at radius 2 is 1.44 bits per heavy atom. The molecular weight excluding hydrogens is 808 g/mol. The van der Waals surface area contributed by atoms with Crippen molar-refractivity contribution in [3.8, 4) is 0 Å². The zero-order chi connectivity index (χ0) is 40.8. The predicted octanol–water partition coefficient (Wildman–Crippen LogP) is 5.90. The summed E-state index contributed by atoms with van der Waals surface area (Å²) in [6.07, 6.45) is 9.90. The number of anilines is 1. The van der Waals surface area contributed by atoms with Crippen LogP contribution in [0.15, 0.2) is 111 Å². The van der Waals surface area contributed by atoms with E-state index in [1.807, 2.05) is 18.2 Å². The molecule has 7 nitrogen and oxygen atoms in total. The van der Waals surface area contributed by atoms with Gasteiger partial charge < -0.3 is 19.5 Å². The molecule has 1 saturated heterocycles. The first-order chi connectivity index (χ1) is 26.1. The van der Waals surface area contributed by atoms with Gasteiger partial charge in [-0.15, -0.1) is 0 Å². The van der Waals surface area contributed by atoms with E-state index >= 15 is 0 Å². The number of rotatable bonds is 9. The first-order valence-corrected chi connectivity index (χ1v) is 16.6. The maximum atomic E-state index is 13.9. The van der Waals surface area contributed by atoms with Crippen LogP contribution in [0.5, 0.6) is 0 Å². The SMILES string of the molecule is C.C1CCOC1.COC(=O)/C=C/c1cccc(N=Cc2ccc(Br)cc2F)c1.[2H]C(Nc1cccc(/C=C/C(=O)OC)c1)c1ccc(Br)cc1F.[2H][B-]([2H])([2H])[2H].[Na+]. The molecule has 272 valence electrons. The molecule has 13 heteroatoms. The van der Waals surface area contributed by atoms with Crippen LogP contribution in [0, 0.1) is 11.6 Å². The minimum absolute atomic E-state index is 0. The number of hydrogen-bond donors (Lipinski definition) is 1. The van der Waals surface area contributed by atoms with Gasteiger partial charge in [0.05, 0.1) is 21.3 Å². The smallest absolute Gasteiger partial charge is 0.466 e. The third kappa shape index (κ3) is 18.9. The normalized spacial score (nSPS) is 13.7. The molecule has 1 heterocycles. The maximum absolute atomic E-state index is 13.9. The number of aliphatic imine (C=N–C) groups is 1. The zero-order valence-electron chi connectivity index (χ0n) is 33.5. The van der Waals surface area contributed by atoms with Gasteiger partial charge in [-0.2, -0.15) is 0 Å². The predicted molar refractivity (Wildman–Crippen MR) is 216 cm³/mol.